The number of cyclic esters (lactones) is 1. The van der Waals surface area contributed by atoms with E-state index in [0.717, 1.165) is 16.6 Å². The number of nitrogens with zero attached hydrogens (tertiary/aromatic N) is 2. The largest absolute Gasteiger partial charge is 0.480 e. The highest BCUT2D eigenvalue weighted by Crippen LogP contribution is 2.43. The molecule has 0 aliphatic carbocycles. The van der Waals surface area contributed by atoms with Gasteiger partial charge >= 0.3 is 5.97 Å². The number of esters is 1. The summed E-state index contributed by atoms with van der Waals surface area (Å²) in [5, 5.41) is 11.2. The predicted molar refractivity (Wildman–Crippen MR) is 158 cm³/mol. The highest BCUT2D eigenvalue weighted by atomic mass is 16.8. The van der Waals surface area contributed by atoms with E-state index in [4.69, 9.17) is 9.47 Å². The monoisotopic (exact) mass is 559 g/mol. The second kappa shape index (κ2) is 11.0. The van der Waals surface area contributed by atoms with Crippen LogP contribution in [0.25, 0.3) is 11.0 Å². The summed E-state index contributed by atoms with van der Waals surface area (Å²) in [6.45, 7) is 3.67. The van der Waals surface area contributed by atoms with Crippen LogP contribution in [0.15, 0.2) is 133 Å². The molecule has 7 heteroatoms. The minimum atomic E-state index is -1.36. The SMILES string of the molecule is CC1(C)OC(=O)C(C(c2ccccc2)C(C(=O)c2ccccc2)n2c[n+](Cc3ccccc3)c3ccccc32)=C(O)O1. The molecule has 42 heavy (non-hydrogen) atoms. The lowest BCUT2D eigenvalue weighted by atomic mass is 9.80. The highest BCUT2D eigenvalue weighted by molar-refractivity contribution is 6.02. The Bertz CT molecular complexity index is 1780. The van der Waals surface area contributed by atoms with Crippen molar-refractivity contribution in [3.8, 4) is 0 Å². The number of benzene rings is 4. The van der Waals surface area contributed by atoms with Crippen molar-refractivity contribution in [2.24, 2.45) is 0 Å². The first kappa shape index (κ1) is 27.0. The van der Waals surface area contributed by atoms with E-state index in [0.29, 0.717) is 17.7 Å². The summed E-state index contributed by atoms with van der Waals surface area (Å²) in [5.41, 5.74) is 3.84. The van der Waals surface area contributed by atoms with E-state index in [2.05, 4.69) is 16.7 Å². The van der Waals surface area contributed by atoms with Gasteiger partial charge in [0.05, 0.1) is 5.92 Å². The Morgan fingerprint density at radius 3 is 2.10 bits per heavy atom. The van der Waals surface area contributed by atoms with E-state index in [-0.39, 0.29) is 11.4 Å². The fraction of sp³-hybridized carbons (Fsp3) is 0.171. The number of hydrogen-bond acceptors (Lipinski definition) is 5. The second-order valence-electron chi connectivity index (χ2n) is 10.8. The Hall–Kier alpha value is -5.17. The Labute approximate surface area is 243 Å². The summed E-state index contributed by atoms with van der Waals surface area (Å²) in [7, 11) is 0. The molecule has 2 heterocycles. The molecule has 2 atom stereocenters. The first-order valence-electron chi connectivity index (χ1n) is 13.8. The molecule has 0 saturated heterocycles. The van der Waals surface area contributed by atoms with Crippen LogP contribution in [-0.4, -0.2) is 27.2 Å². The normalized spacial score (nSPS) is 16.0. The third-order valence-corrected chi connectivity index (χ3v) is 7.47. The van der Waals surface area contributed by atoms with E-state index in [1.807, 2.05) is 102 Å². The van der Waals surface area contributed by atoms with Gasteiger partial charge < -0.3 is 14.6 Å². The molecule has 0 saturated carbocycles. The Kier molecular flexibility index (Phi) is 7.08. The van der Waals surface area contributed by atoms with Gasteiger partial charge in [0, 0.05) is 19.4 Å². The molecule has 5 aromatic rings. The van der Waals surface area contributed by atoms with Gasteiger partial charge in [-0.15, -0.1) is 0 Å². The molecule has 0 fully saturated rings. The number of para-hydroxylation sites is 2. The van der Waals surface area contributed by atoms with Crippen LogP contribution in [0.5, 0.6) is 0 Å². The summed E-state index contributed by atoms with van der Waals surface area (Å²) in [6, 6.07) is 35.1. The smallest absolute Gasteiger partial charge is 0.345 e. The third-order valence-electron chi connectivity index (χ3n) is 7.47. The number of aliphatic hydroxyl groups is 1. The first-order chi connectivity index (χ1) is 20.3. The van der Waals surface area contributed by atoms with E-state index < -0.39 is 29.7 Å². The molecule has 1 aliphatic heterocycles. The fourth-order valence-electron chi connectivity index (χ4n) is 5.64. The predicted octanol–water partition coefficient (Wildman–Crippen LogP) is 6.26. The molecule has 1 N–H and O–H groups in total. The van der Waals surface area contributed by atoms with E-state index in [1.54, 1.807) is 26.0 Å². The Morgan fingerprint density at radius 1 is 0.833 bits per heavy atom. The van der Waals surface area contributed by atoms with Crippen molar-refractivity contribution in [2.45, 2.75) is 38.1 Å². The van der Waals surface area contributed by atoms with E-state index >= 15 is 0 Å². The molecular formula is C35H31N2O5+. The van der Waals surface area contributed by atoms with Crippen LogP contribution in [-0.2, 0) is 20.8 Å². The molecule has 2 unspecified atom stereocenters. The maximum Gasteiger partial charge on any atom is 0.345 e. The number of aliphatic hydroxyl groups excluding tert-OH is 1. The number of Topliss-reactive ketones (excluding diaryl/α,β-unsaturated/α-hetero) is 1. The van der Waals surface area contributed by atoms with Gasteiger partial charge in [0.2, 0.25) is 12.1 Å². The number of ketones is 1. The summed E-state index contributed by atoms with van der Waals surface area (Å²) < 4.78 is 15.3. The molecule has 6 rings (SSSR count). The van der Waals surface area contributed by atoms with E-state index in [9.17, 15) is 14.7 Å². The van der Waals surface area contributed by atoms with Crippen molar-refractivity contribution in [1.29, 1.82) is 0 Å². The zero-order valence-corrected chi connectivity index (χ0v) is 23.4. The molecule has 0 amide bonds. The maximum atomic E-state index is 14.6. The average molecular weight is 560 g/mol. The quantitative estimate of drug-likeness (QED) is 0.138. The van der Waals surface area contributed by atoms with Crippen LogP contribution < -0.4 is 4.57 Å². The molecule has 0 spiro atoms. The van der Waals surface area contributed by atoms with Crippen molar-refractivity contribution >= 4 is 22.8 Å². The number of imidazole rings is 1. The van der Waals surface area contributed by atoms with Crippen molar-refractivity contribution < 1.29 is 28.7 Å². The Balaban J connectivity index is 1.62. The van der Waals surface area contributed by atoms with Crippen LogP contribution in [0, 0.1) is 0 Å². The van der Waals surface area contributed by atoms with Crippen LogP contribution in [0.4, 0.5) is 0 Å². The van der Waals surface area contributed by atoms with Gasteiger partial charge in [-0.3, -0.25) is 4.79 Å². The van der Waals surface area contributed by atoms with Crippen molar-refractivity contribution in [1.82, 2.24) is 4.57 Å². The number of aromatic nitrogens is 2. The number of carbonyl (C=O) groups excluding carboxylic acids is 2. The molecule has 1 aliphatic rings. The second-order valence-corrected chi connectivity index (χ2v) is 10.8. The topological polar surface area (TPSA) is 81.6 Å². The number of hydrogen-bond donors (Lipinski definition) is 1. The van der Waals surface area contributed by atoms with Gasteiger partial charge in [0.15, 0.2) is 17.1 Å². The summed E-state index contributed by atoms with van der Waals surface area (Å²) in [5.74, 6) is -3.82. The number of fused-ring (bicyclic) bond motifs is 1. The van der Waals surface area contributed by atoms with Crippen molar-refractivity contribution in [2.75, 3.05) is 0 Å². The van der Waals surface area contributed by atoms with Gasteiger partial charge in [-0.05, 0) is 23.3 Å². The van der Waals surface area contributed by atoms with Crippen molar-refractivity contribution in [3.05, 3.63) is 150 Å². The fourth-order valence-corrected chi connectivity index (χ4v) is 5.64. The molecule has 0 bridgehead atoms. The number of carbonyl (C=O) groups is 2. The molecule has 1 aromatic heterocycles. The Morgan fingerprint density at radius 2 is 1.43 bits per heavy atom. The van der Waals surface area contributed by atoms with E-state index in [1.165, 1.54) is 0 Å². The van der Waals surface area contributed by atoms with Crippen LogP contribution in [0.2, 0.25) is 0 Å². The van der Waals surface area contributed by atoms with Crippen LogP contribution in [0.3, 0.4) is 0 Å². The molecular weight excluding hydrogens is 528 g/mol. The summed E-state index contributed by atoms with van der Waals surface area (Å²) >= 11 is 0. The lowest BCUT2D eigenvalue weighted by Crippen LogP contribution is -2.41. The number of ether oxygens (including phenoxy) is 2. The summed E-state index contributed by atoms with van der Waals surface area (Å²) in [6.07, 6.45) is 1.91. The standard InChI is InChI=1S/C35H30N2O5/c1-35(2)41-33(39)30(34(40)42-35)29(25-16-8-4-9-17-25)31(32(38)26-18-10-5-11-19-26)37-23-36(22-24-14-6-3-7-15-24)27-20-12-13-21-28(27)37/h3-21,23,29,31H,22H2,1-2H3/p+1. The molecule has 0 radical (unpaired) electrons. The van der Waals surface area contributed by atoms with Gasteiger partial charge in [-0.25, -0.2) is 13.9 Å². The minimum absolute atomic E-state index is 0.109. The lowest BCUT2D eigenvalue weighted by Gasteiger charge is -2.34. The third kappa shape index (κ3) is 5.17. The van der Waals surface area contributed by atoms with Gasteiger partial charge in [-0.2, -0.15) is 0 Å². The molecule has 4 aromatic carbocycles. The van der Waals surface area contributed by atoms with Gasteiger partial charge in [0.25, 0.3) is 11.7 Å². The minimum Gasteiger partial charge on any atom is -0.480 e. The van der Waals surface area contributed by atoms with Crippen LogP contribution >= 0.6 is 0 Å². The highest BCUT2D eigenvalue weighted by Gasteiger charge is 2.48. The zero-order chi connectivity index (χ0) is 29.3. The average Bonchev–Trinajstić information content (AvgIpc) is 3.34. The number of rotatable bonds is 8. The zero-order valence-electron chi connectivity index (χ0n) is 23.4. The first-order valence-corrected chi connectivity index (χ1v) is 13.8. The summed E-state index contributed by atoms with van der Waals surface area (Å²) in [4.78, 5) is 28.2. The van der Waals surface area contributed by atoms with Gasteiger partial charge in [-0.1, -0.05) is 103 Å². The maximum absolute atomic E-state index is 14.6. The van der Waals surface area contributed by atoms with Gasteiger partial charge in [0.1, 0.15) is 12.1 Å². The van der Waals surface area contributed by atoms with Crippen LogP contribution in [0.1, 0.15) is 47.3 Å². The van der Waals surface area contributed by atoms with Crippen molar-refractivity contribution in [3.63, 3.8) is 0 Å². The lowest BCUT2D eigenvalue weighted by molar-refractivity contribution is -0.663. The molecule has 210 valence electrons. The molecule has 7 nitrogen and oxygen atoms in total.